The third-order valence-electron chi connectivity index (χ3n) is 5.90. The topological polar surface area (TPSA) is 70.7 Å². The number of nitrogens with zero attached hydrogens (tertiary/aromatic N) is 1. The molecule has 0 unspecified atom stereocenters. The molecule has 1 aliphatic rings. The predicted octanol–water partition coefficient (Wildman–Crippen LogP) is 4.15. The van der Waals surface area contributed by atoms with Gasteiger partial charge >= 0.3 is 0 Å². The Bertz CT molecular complexity index is 937. The first-order chi connectivity index (χ1) is 16.0. The normalized spacial score (nSPS) is 15.6. The van der Waals surface area contributed by atoms with E-state index >= 15 is 0 Å². The summed E-state index contributed by atoms with van der Waals surface area (Å²) in [5.74, 6) is 1.03. The Kier molecular flexibility index (Phi) is 9.91. The second kappa shape index (κ2) is 12.9. The number of para-hydroxylation sites is 1. The molecule has 2 amide bonds. The fourth-order valence-corrected chi connectivity index (χ4v) is 4.83. The van der Waals surface area contributed by atoms with Crippen molar-refractivity contribution in [3.8, 4) is 5.75 Å². The molecular weight excluding hydrogens is 458 g/mol. The summed E-state index contributed by atoms with van der Waals surface area (Å²) in [5, 5.41) is 6.34. The lowest BCUT2D eigenvalue weighted by atomic mass is 10.0. The van der Waals surface area contributed by atoms with Crippen molar-refractivity contribution in [1.29, 1.82) is 0 Å². The van der Waals surface area contributed by atoms with Gasteiger partial charge in [0.05, 0.1) is 23.7 Å². The van der Waals surface area contributed by atoms with Crippen molar-refractivity contribution < 1.29 is 14.3 Å². The van der Waals surface area contributed by atoms with Crippen LogP contribution in [0, 0.1) is 0 Å². The van der Waals surface area contributed by atoms with Gasteiger partial charge in [-0.2, -0.15) is 11.8 Å². The first-order valence-electron chi connectivity index (χ1n) is 11.2. The number of halogens is 1. The Morgan fingerprint density at radius 3 is 2.52 bits per heavy atom. The quantitative estimate of drug-likeness (QED) is 0.496. The van der Waals surface area contributed by atoms with Gasteiger partial charge < -0.3 is 15.4 Å². The molecule has 1 heterocycles. The van der Waals surface area contributed by atoms with Crippen molar-refractivity contribution in [2.24, 2.45) is 0 Å². The molecule has 2 N–H and O–H groups in total. The number of ether oxygens (including phenoxy) is 1. The van der Waals surface area contributed by atoms with E-state index in [2.05, 4.69) is 21.6 Å². The number of methoxy groups -OCH3 is 1. The maximum Gasteiger partial charge on any atom is 0.253 e. The van der Waals surface area contributed by atoms with Crippen LogP contribution >= 0.6 is 23.4 Å². The number of nitrogens with one attached hydrogen (secondary N) is 2. The van der Waals surface area contributed by atoms with Gasteiger partial charge in [0.1, 0.15) is 11.8 Å². The lowest BCUT2D eigenvalue weighted by molar-refractivity contribution is -0.123. The van der Waals surface area contributed by atoms with Crippen molar-refractivity contribution in [2.75, 3.05) is 38.8 Å². The molecule has 6 nitrogen and oxygen atoms in total. The van der Waals surface area contributed by atoms with Crippen LogP contribution in [-0.4, -0.2) is 61.5 Å². The van der Waals surface area contributed by atoms with E-state index in [-0.39, 0.29) is 17.9 Å². The van der Waals surface area contributed by atoms with E-state index in [9.17, 15) is 9.59 Å². The van der Waals surface area contributed by atoms with E-state index in [0.29, 0.717) is 23.6 Å². The van der Waals surface area contributed by atoms with E-state index in [0.717, 1.165) is 43.0 Å². The number of likely N-dealkylation sites (tertiary alicyclic amines) is 1. The number of carbonyl (C=O) groups excluding carboxylic acids is 2. The van der Waals surface area contributed by atoms with Gasteiger partial charge in [0.25, 0.3) is 5.91 Å². The van der Waals surface area contributed by atoms with Crippen molar-refractivity contribution >= 4 is 35.2 Å². The average molecular weight is 490 g/mol. The summed E-state index contributed by atoms with van der Waals surface area (Å²) in [6.45, 7) is 2.41. The van der Waals surface area contributed by atoms with Crippen LogP contribution in [0.4, 0.5) is 0 Å². The molecule has 0 spiro atoms. The van der Waals surface area contributed by atoms with E-state index in [1.807, 2.05) is 24.5 Å². The predicted molar refractivity (Wildman–Crippen MR) is 135 cm³/mol. The number of benzene rings is 2. The van der Waals surface area contributed by atoms with Gasteiger partial charge in [0.15, 0.2) is 0 Å². The molecule has 2 aromatic carbocycles. The van der Waals surface area contributed by atoms with Gasteiger partial charge in [0, 0.05) is 12.1 Å². The summed E-state index contributed by atoms with van der Waals surface area (Å²) < 4.78 is 5.59. The van der Waals surface area contributed by atoms with E-state index in [1.54, 1.807) is 43.1 Å². The minimum atomic E-state index is -0.641. The van der Waals surface area contributed by atoms with Crippen molar-refractivity contribution in [1.82, 2.24) is 15.5 Å². The Labute approximate surface area is 205 Å². The highest BCUT2D eigenvalue weighted by Crippen LogP contribution is 2.31. The second-order valence-corrected chi connectivity index (χ2v) is 9.43. The molecule has 33 heavy (non-hydrogen) atoms. The number of carbonyl (C=O) groups is 2. The molecule has 0 saturated carbocycles. The molecule has 0 aliphatic carbocycles. The lowest BCUT2D eigenvalue weighted by Crippen LogP contribution is -2.49. The first kappa shape index (κ1) is 25.4. The molecule has 1 fully saturated rings. The van der Waals surface area contributed by atoms with Crippen LogP contribution in [0.2, 0.25) is 5.02 Å². The van der Waals surface area contributed by atoms with Crippen molar-refractivity contribution in [3.63, 3.8) is 0 Å². The SMILES string of the molecule is COc1ccccc1[C@H](CNC(=O)[C@H](CCSC)NC(=O)c1ccccc1Cl)N1CCCC1. The van der Waals surface area contributed by atoms with Crippen LogP contribution in [0.25, 0.3) is 0 Å². The highest BCUT2D eigenvalue weighted by Gasteiger charge is 2.28. The maximum atomic E-state index is 13.2. The third-order valence-corrected chi connectivity index (χ3v) is 6.87. The molecule has 178 valence electrons. The second-order valence-electron chi connectivity index (χ2n) is 8.03. The molecule has 0 radical (unpaired) electrons. The zero-order valence-electron chi connectivity index (χ0n) is 19.2. The van der Waals surface area contributed by atoms with E-state index < -0.39 is 6.04 Å². The molecule has 0 bridgehead atoms. The Hall–Kier alpha value is -2.22. The molecule has 3 rings (SSSR count). The van der Waals surface area contributed by atoms with Crippen LogP contribution in [0.15, 0.2) is 48.5 Å². The monoisotopic (exact) mass is 489 g/mol. The smallest absolute Gasteiger partial charge is 0.253 e. The standard InChI is InChI=1S/C25H32ClN3O3S/c1-32-23-12-6-4-10-19(23)22(29-14-7-8-15-29)17-27-25(31)21(13-16-33-2)28-24(30)18-9-3-5-11-20(18)26/h3-6,9-12,21-22H,7-8,13-17H2,1-2H3,(H,27,31)(H,28,30)/t21-,22-/m0/s1. The summed E-state index contributed by atoms with van der Waals surface area (Å²) >= 11 is 7.81. The summed E-state index contributed by atoms with van der Waals surface area (Å²) in [6, 6.07) is 14.2. The fraction of sp³-hybridized carbons (Fsp3) is 0.440. The number of thioether (sulfide) groups is 1. The molecule has 1 saturated heterocycles. The van der Waals surface area contributed by atoms with Crippen molar-refractivity contribution in [2.45, 2.75) is 31.3 Å². The molecule has 2 aromatic rings. The van der Waals surface area contributed by atoms with E-state index in [1.165, 1.54) is 0 Å². The Balaban J connectivity index is 1.72. The van der Waals surface area contributed by atoms with Crippen LogP contribution in [-0.2, 0) is 4.79 Å². The molecule has 0 aromatic heterocycles. The average Bonchev–Trinajstić information content (AvgIpc) is 3.37. The third kappa shape index (κ3) is 6.88. The molecule has 8 heteroatoms. The fourth-order valence-electron chi connectivity index (χ4n) is 4.14. The summed E-state index contributed by atoms with van der Waals surface area (Å²) in [7, 11) is 1.67. The number of hydrogen-bond acceptors (Lipinski definition) is 5. The van der Waals surface area contributed by atoms with Gasteiger partial charge in [-0.3, -0.25) is 14.5 Å². The first-order valence-corrected chi connectivity index (χ1v) is 13.0. The molecular formula is C25H32ClN3O3S. The zero-order valence-corrected chi connectivity index (χ0v) is 20.8. The summed E-state index contributed by atoms with van der Waals surface area (Å²) in [6.07, 6.45) is 4.80. The number of hydrogen-bond donors (Lipinski definition) is 2. The highest BCUT2D eigenvalue weighted by atomic mass is 35.5. The number of amides is 2. The Morgan fingerprint density at radius 1 is 1.12 bits per heavy atom. The van der Waals surface area contributed by atoms with Gasteiger partial charge in [-0.25, -0.2) is 0 Å². The lowest BCUT2D eigenvalue weighted by Gasteiger charge is -2.30. The van der Waals surface area contributed by atoms with Crippen LogP contribution in [0.1, 0.15) is 41.2 Å². The van der Waals surface area contributed by atoms with Crippen LogP contribution in [0.5, 0.6) is 5.75 Å². The summed E-state index contributed by atoms with van der Waals surface area (Å²) in [4.78, 5) is 28.4. The minimum absolute atomic E-state index is 0.00747. The van der Waals surface area contributed by atoms with Gasteiger partial charge in [-0.1, -0.05) is 41.9 Å². The summed E-state index contributed by atoms with van der Waals surface area (Å²) in [5.41, 5.74) is 1.42. The van der Waals surface area contributed by atoms with Gasteiger partial charge in [-0.15, -0.1) is 0 Å². The molecule has 2 atom stereocenters. The zero-order chi connectivity index (χ0) is 23.6. The minimum Gasteiger partial charge on any atom is -0.496 e. The Morgan fingerprint density at radius 2 is 1.82 bits per heavy atom. The number of rotatable bonds is 11. The highest BCUT2D eigenvalue weighted by molar-refractivity contribution is 7.98. The largest absolute Gasteiger partial charge is 0.496 e. The van der Waals surface area contributed by atoms with E-state index in [4.69, 9.17) is 16.3 Å². The maximum absolute atomic E-state index is 13.2. The molecule has 1 aliphatic heterocycles. The van der Waals surface area contributed by atoms with Gasteiger partial charge in [-0.05, 0) is 62.6 Å². The van der Waals surface area contributed by atoms with Gasteiger partial charge in [0.2, 0.25) is 5.91 Å². The van der Waals surface area contributed by atoms with Crippen molar-refractivity contribution in [3.05, 3.63) is 64.7 Å². The van der Waals surface area contributed by atoms with Crippen LogP contribution in [0.3, 0.4) is 0 Å². The van der Waals surface area contributed by atoms with Crippen LogP contribution < -0.4 is 15.4 Å².